The van der Waals surface area contributed by atoms with E-state index in [0.29, 0.717) is 23.6 Å². The average Bonchev–Trinajstić information content (AvgIpc) is 3.22. The monoisotopic (exact) mass is 366 g/mol. The van der Waals surface area contributed by atoms with Gasteiger partial charge in [-0.05, 0) is 48.9 Å². The highest BCUT2D eigenvalue weighted by Crippen LogP contribution is 2.24. The van der Waals surface area contributed by atoms with Gasteiger partial charge in [-0.2, -0.15) is 0 Å². The summed E-state index contributed by atoms with van der Waals surface area (Å²) in [6.07, 6.45) is 1.43. The largest absolute Gasteiger partial charge is 0.494 e. The zero-order chi connectivity index (χ0) is 19.2. The van der Waals surface area contributed by atoms with Crippen molar-refractivity contribution in [3.05, 3.63) is 88.4 Å². The Bertz CT molecular complexity index is 920. The van der Waals surface area contributed by atoms with Crippen LogP contribution in [0.4, 0.5) is 11.4 Å². The highest BCUT2D eigenvalue weighted by molar-refractivity contribution is 6.04. The second-order valence-corrected chi connectivity index (χ2v) is 5.72. The summed E-state index contributed by atoms with van der Waals surface area (Å²) in [6, 6.07) is 16.5. The first-order valence-corrected chi connectivity index (χ1v) is 8.40. The van der Waals surface area contributed by atoms with Crippen LogP contribution in [0, 0.1) is 10.1 Å². The van der Waals surface area contributed by atoms with Crippen molar-refractivity contribution < 1.29 is 18.9 Å². The maximum atomic E-state index is 12.9. The van der Waals surface area contributed by atoms with Gasteiger partial charge in [0.25, 0.3) is 11.6 Å². The van der Waals surface area contributed by atoms with Crippen molar-refractivity contribution in [1.82, 2.24) is 0 Å². The summed E-state index contributed by atoms with van der Waals surface area (Å²) < 4.78 is 10.7. The maximum absolute atomic E-state index is 12.9. The van der Waals surface area contributed by atoms with Crippen LogP contribution in [-0.2, 0) is 6.54 Å². The molecule has 0 aliphatic heterocycles. The quantitative estimate of drug-likeness (QED) is 0.456. The van der Waals surface area contributed by atoms with E-state index in [2.05, 4.69) is 0 Å². The minimum Gasteiger partial charge on any atom is -0.494 e. The third-order valence-electron chi connectivity index (χ3n) is 3.90. The van der Waals surface area contributed by atoms with E-state index in [1.165, 1.54) is 23.3 Å². The van der Waals surface area contributed by atoms with Gasteiger partial charge in [0.05, 0.1) is 24.3 Å². The van der Waals surface area contributed by atoms with Gasteiger partial charge in [0.2, 0.25) is 0 Å². The molecule has 0 spiro atoms. The second-order valence-electron chi connectivity index (χ2n) is 5.72. The Kier molecular flexibility index (Phi) is 5.51. The van der Waals surface area contributed by atoms with E-state index >= 15 is 0 Å². The third kappa shape index (κ3) is 4.33. The van der Waals surface area contributed by atoms with E-state index in [-0.39, 0.29) is 23.9 Å². The van der Waals surface area contributed by atoms with Gasteiger partial charge in [-0.25, -0.2) is 0 Å². The topological polar surface area (TPSA) is 85.8 Å². The van der Waals surface area contributed by atoms with Crippen molar-refractivity contribution in [1.29, 1.82) is 0 Å². The fourth-order valence-electron chi connectivity index (χ4n) is 2.65. The van der Waals surface area contributed by atoms with Crippen LogP contribution in [0.5, 0.6) is 5.75 Å². The van der Waals surface area contributed by atoms with Gasteiger partial charge in [-0.1, -0.05) is 12.1 Å². The molecule has 138 valence electrons. The number of nitro benzene ring substituents is 1. The minimum atomic E-state index is -0.459. The number of hydrogen-bond donors (Lipinski definition) is 0. The van der Waals surface area contributed by atoms with Gasteiger partial charge in [0, 0.05) is 17.8 Å². The lowest BCUT2D eigenvalue weighted by Gasteiger charge is -2.22. The standard InChI is InChI=1S/C20H18N2O5/c1-2-26-18-10-8-16(9-11-18)21(20(23)19-7-4-12-27-19)14-15-5-3-6-17(13-15)22(24)25/h3-13H,2,14H2,1H3. The summed E-state index contributed by atoms with van der Waals surface area (Å²) in [6.45, 7) is 2.60. The zero-order valence-corrected chi connectivity index (χ0v) is 14.7. The highest BCUT2D eigenvalue weighted by Gasteiger charge is 2.21. The molecule has 2 aromatic carbocycles. The highest BCUT2D eigenvalue weighted by atomic mass is 16.6. The van der Waals surface area contributed by atoms with Gasteiger partial charge in [-0.15, -0.1) is 0 Å². The van der Waals surface area contributed by atoms with Gasteiger partial charge < -0.3 is 14.1 Å². The molecule has 0 aliphatic carbocycles. The van der Waals surface area contributed by atoms with E-state index in [0.717, 1.165) is 0 Å². The number of ether oxygens (including phenoxy) is 1. The average molecular weight is 366 g/mol. The van der Waals surface area contributed by atoms with Crippen molar-refractivity contribution in [3.63, 3.8) is 0 Å². The van der Waals surface area contributed by atoms with Crippen molar-refractivity contribution in [3.8, 4) is 5.75 Å². The molecule has 0 aliphatic rings. The van der Waals surface area contributed by atoms with Gasteiger partial charge in [-0.3, -0.25) is 14.9 Å². The summed E-state index contributed by atoms with van der Waals surface area (Å²) in [7, 11) is 0. The van der Waals surface area contributed by atoms with Crippen LogP contribution in [-0.4, -0.2) is 17.4 Å². The molecule has 0 atom stereocenters. The fraction of sp³-hybridized carbons (Fsp3) is 0.150. The van der Waals surface area contributed by atoms with Gasteiger partial charge in [0.1, 0.15) is 5.75 Å². The molecular formula is C20H18N2O5. The van der Waals surface area contributed by atoms with Crippen molar-refractivity contribution >= 4 is 17.3 Å². The number of non-ortho nitro benzene ring substituents is 1. The van der Waals surface area contributed by atoms with Crippen LogP contribution in [0.15, 0.2) is 71.3 Å². The molecule has 27 heavy (non-hydrogen) atoms. The fourth-order valence-corrected chi connectivity index (χ4v) is 2.65. The summed E-state index contributed by atoms with van der Waals surface area (Å²) in [5.41, 5.74) is 1.24. The molecule has 0 saturated heterocycles. The third-order valence-corrected chi connectivity index (χ3v) is 3.90. The lowest BCUT2D eigenvalue weighted by molar-refractivity contribution is -0.384. The van der Waals surface area contributed by atoms with Crippen molar-refractivity contribution in [2.45, 2.75) is 13.5 Å². The molecule has 0 radical (unpaired) electrons. The molecule has 0 fully saturated rings. The van der Waals surface area contributed by atoms with Crippen LogP contribution in [0.2, 0.25) is 0 Å². The van der Waals surface area contributed by atoms with E-state index in [4.69, 9.17) is 9.15 Å². The lowest BCUT2D eigenvalue weighted by Crippen LogP contribution is -2.30. The number of benzene rings is 2. The summed E-state index contributed by atoms with van der Waals surface area (Å²) in [5.74, 6) is 0.548. The van der Waals surface area contributed by atoms with Crippen LogP contribution < -0.4 is 9.64 Å². The van der Waals surface area contributed by atoms with Crippen LogP contribution in [0.1, 0.15) is 23.0 Å². The molecule has 1 amide bonds. The number of anilines is 1. The molecule has 0 unspecified atom stereocenters. The molecule has 0 N–H and O–H groups in total. The molecule has 7 nitrogen and oxygen atoms in total. The molecule has 0 bridgehead atoms. The molecule has 3 rings (SSSR count). The molecular weight excluding hydrogens is 348 g/mol. The summed E-state index contributed by atoms with van der Waals surface area (Å²) in [4.78, 5) is 25.0. The van der Waals surface area contributed by atoms with Crippen LogP contribution in [0.25, 0.3) is 0 Å². The van der Waals surface area contributed by atoms with Gasteiger partial charge >= 0.3 is 0 Å². The van der Waals surface area contributed by atoms with E-state index in [9.17, 15) is 14.9 Å². The Morgan fingerprint density at radius 1 is 1.15 bits per heavy atom. The first-order chi connectivity index (χ1) is 13.1. The van der Waals surface area contributed by atoms with Crippen LogP contribution >= 0.6 is 0 Å². The molecule has 0 saturated carbocycles. The second kappa shape index (κ2) is 8.18. The first kappa shape index (κ1) is 18.2. The Hall–Kier alpha value is -3.61. The Labute approximate surface area is 155 Å². The normalized spacial score (nSPS) is 10.4. The predicted octanol–water partition coefficient (Wildman–Crippen LogP) is 4.43. The van der Waals surface area contributed by atoms with E-state index in [1.54, 1.807) is 48.5 Å². The first-order valence-electron chi connectivity index (χ1n) is 8.40. The Balaban J connectivity index is 1.93. The maximum Gasteiger partial charge on any atom is 0.294 e. The molecule has 1 heterocycles. The number of rotatable bonds is 7. The van der Waals surface area contributed by atoms with Crippen LogP contribution in [0.3, 0.4) is 0 Å². The lowest BCUT2D eigenvalue weighted by atomic mass is 10.1. The van der Waals surface area contributed by atoms with Gasteiger partial charge in [0.15, 0.2) is 5.76 Å². The summed E-state index contributed by atoms with van der Waals surface area (Å²) in [5, 5.41) is 11.0. The molecule has 7 heteroatoms. The predicted molar refractivity (Wildman–Crippen MR) is 99.9 cm³/mol. The number of carbonyl (C=O) groups excluding carboxylic acids is 1. The van der Waals surface area contributed by atoms with E-state index < -0.39 is 4.92 Å². The molecule has 1 aromatic heterocycles. The number of nitro groups is 1. The number of carbonyl (C=O) groups is 1. The van der Waals surface area contributed by atoms with Crippen molar-refractivity contribution in [2.75, 3.05) is 11.5 Å². The summed E-state index contributed by atoms with van der Waals surface area (Å²) >= 11 is 0. The molecule has 3 aromatic rings. The minimum absolute atomic E-state index is 0.0235. The number of nitrogens with zero attached hydrogens (tertiary/aromatic N) is 2. The number of amides is 1. The zero-order valence-electron chi connectivity index (χ0n) is 14.7. The number of hydrogen-bond acceptors (Lipinski definition) is 5. The van der Waals surface area contributed by atoms with E-state index in [1.807, 2.05) is 6.92 Å². The Morgan fingerprint density at radius 2 is 1.93 bits per heavy atom. The number of furan rings is 1. The van der Waals surface area contributed by atoms with Crippen molar-refractivity contribution in [2.24, 2.45) is 0 Å². The SMILES string of the molecule is CCOc1ccc(N(Cc2cccc([N+](=O)[O-])c2)C(=O)c2ccco2)cc1. The smallest absolute Gasteiger partial charge is 0.294 e. The Morgan fingerprint density at radius 3 is 2.56 bits per heavy atom.